The molecule has 0 aromatic heterocycles. The summed E-state index contributed by atoms with van der Waals surface area (Å²) < 4.78 is 0. The Morgan fingerprint density at radius 2 is 1.85 bits per heavy atom. The van der Waals surface area contributed by atoms with E-state index in [4.69, 9.17) is 0 Å². The topological polar surface area (TPSA) is 78.5 Å². The number of hydrogen-bond donors (Lipinski definition) is 2. The van der Waals surface area contributed by atoms with Crippen LogP contribution in [0.5, 0.6) is 0 Å². The molecule has 1 aliphatic carbocycles. The van der Waals surface area contributed by atoms with Crippen LogP contribution in [0.15, 0.2) is 24.3 Å². The van der Waals surface area contributed by atoms with Gasteiger partial charge in [0.1, 0.15) is 0 Å². The Morgan fingerprint density at radius 3 is 2.50 bits per heavy atom. The molecule has 1 atom stereocenters. The summed E-state index contributed by atoms with van der Waals surface area (Å²) in [7, 11) is 0. The molecule has 2 fully saturated rings. The number of anilines is 1. The normalized spacial score (nSPS) is 20.7. The van der Waals surface area contributed by atoms with Crippen molar-refractivity contribution in [1.29, 1.82) is 0 Å². The number of carbonyl (C=O) groups is 3. The number of rotatable bonds is 5. The highest BCUT2D eigenvalue weighted by Gasteiger charge is 2.35. The summed E-state index contributed by atoms with van der Waals surface area (Å²) >= 11 is 0. The Hall–Kier alpha value is -2.37. The van der Waals surface area contributed by atoms with Crippen LogP contribution in [0.4, 0.5) is 5.69 Å². The lowest BCUT2D eigenvalue weighted by atomic mass is 10.1. The standard InChI is InChI=1S/C20H27N3O3/c1-13(2)23-12-14(11-18(23)24)19(25)22-17-10-6-5-9-16(17)20(26)21-15-7-3-4-8-15/h5-6,9-10,13-15H,3-4,7-8,11-12H2,1-2H3,(H,21,26)(H,22,25)/t14-/m0/s1. The van der Waals surface area contributed by atoms with E-state index in [0.29, 0.717) is 17.8 Å². The Bertz CT molecular complexity index is 695. The first-order valence-corrected chi connectivity index (χ1v) is 9.46. The van der Waals surface area contributed by atoms with Crippen molar-refractivity contribution in [2.75, 3.05) is 11.9 Å². The van der Waals surface area contributed by atoms with E-state index in [9.17, 15) is 14.4 Å². The minimum atomic E-state index is -0.379. The zero-order valence-electron chi connectivity index (χ0n) is 15.5. The van der Waals surface area contributed by atoms with Crippen LogP contribution in [0.3, 0.4) is 0 Å². The molecule has 3 rings (SSSR count). The quantitative estimate of drug-likeness (QED) is 0.850. The number of benzene rings is 1. The molecule has 1 heterocycles. The number of para-hydroxylation sites is 1. The maximum Gasteiger partial charge on any atom is 0.253 e. The predicted molar refractivity (Wildman–Crippen MR) is 99.7 cm³/mol. The second kappa shape index (κ2) is 7.89. The van der Waals surface area contributed by atoms with Gasteiger partial charge in [-0.3, -0.25) is 14.4 Å². The number of likely N-dealkylation sites (tertiary alicyclic amines) is 1. The van der Waals surface area contributed by atoms with E-state index >= 15 is 0 Å². The van der Waals surface area contributed by atoms with Crippen molar-refractivity contribution in [3.8, 4) is 0 Å². The fourth-order valence-corrected chi connectivity index (χ4v) is 3.76. The lowest BCUT2D eigenvalue weighted by Crippen LogP contribution is -2.34. The fourth-order valence-electron chi connectivity index (χ4n) is 3.76. The lowest BCUT2D eigenvalue weighted by Gasteiger charge is -2.21. The van der Waals surface area contributed by atoms with Gasteiger partial charge in [0, 0.05) is 25.0 Å². The molecular formula is C20H27N3O3. The number of amides is 3. The van der Waals surface area contributed by atoms with Crippen LogP contribution < -0.4 is 10.6 Å². The Kier molecular flexibility index (Phi) is 5.59. The molecule has 6 nitrogen and oxygen atoms in total. The Morgan fingerprint density at radius 1 is 1.15 bits per heavy atom. The van der Waals surface area contributed by atoms with E-state index in [1.807, 2.05) is 13.8 Å². The molecule has 1 saturated heterocycles. The van der Waals surface area contributed by atoms with Gasteiger partial charge in [-0.2, -0.15) is 0 Å². The first kappa shape index (κ1) is 18.4. The van der Waals surface area contributed by atoms with E-state index < -0.39 is 0 Å². The number of nitrogens with zero attached hydrogens (tertiary/aromatic N) is 1. The third kappa shape index (κ3) is 4.06. The van der Waals surface area contributed by atoms with Crippen LogP contribution in [-0.2, 0) is 9.59 Å². The summed E-state index contributed by atoms with van der Waals surface area (Å²) in [4.78, 5) is 39.0. The molecule has 1 saturated carbocycles. The zero-order valence-corrected chi connectivity index (χ0v) is 15.5. The summed E-state index contributed by atoms with van der Waals surface area (Å²) in [6.45, 7) is 4.32. The fraction of sp³-hybridized carbons (Fsp3) is 0.550. The highest BCUT2D eigenvalue weighted by Crippen LogP contribution is 2.24. The van der Waals surface area contributed by atoms with Crippen LogP contribution in [0.1, 0.15) is 56.3 Å². The molecule has 140 valence electrons. The largest absolute Gasteiger partial charge is 0.349 e. The Labute approximate surface area is 154 Å². The molecule has 1 aliphatic heterocycles. The van der Waals surface area contributed by atoms with E-state index in [-0.39, 0.29) is 42.1 Å². The van der Waals surface area contributed by atoms with Crippen LogP contribution in [0.25, 0.3) is 0 Å². The van der Waals surface area contributed by atoms with Crippen molar-refractivity contribution in [2.45, 2.75) is 58.0 Å². The number of nitrogens with one attached hydrogen (secondary N) is 2. The average Bonchev–Trinajstić information content (AvgIpc) is 3.24. The van der Waals surface area contributed by atoms with E-state index in [1.54, 1.807) is 29.2 Å². The third-order valence-electron chi connectivity index (χ3n) is 5.27. The highest BCUT2D eigenvalue weighted by atomic mass is 16.2. The third-order valence-corrected chi connectivity index (χ3v) is 5.27. The minimum absolute atomic E-state index is 0.00686. The Balaban J connectivity index is 1.67. The molecule has 2 aliphatic rings. The van der Waals surface area contributed by atoms with Gasteiger partial charge in [0.05, 0.1) is 17.2 Å². The maximum atomic E-state index is 12.6. The molecule has 2 N–H and O–H groups in total. The maximum absolute atomic E-state index is 12.6. The second-order valence-corrected chi connectivity index (χ2v) is 7.53. The van der Waals surface area contributed by atoms with Crippen molar-refractivity contribution in [1.82, 2.24) is 10.2 Å². The van der Waals surface area contributed by atoms with Gasteiger partial charge < -0.3 is 15.5 Å². The molecule has 6 heteroatoms. The number of carbonyl (C=O) groups excluding carboxylic acids is 3. The molecule has 0 spiro atoms. The van der Waals surface area contributed by atoms with Gasteiger partial charge in [0.15, 0.2) is 0 Å². The van der Waals surface area contributed by atoms with Gasteiger partial charge >= 0.3 is 0 Å². The lowest BCUT2D eigenvalue weighted by molar-refractivity contribution is -0.129. The second-order valence-electron chi connectivity index (χ2n) is 7.53. The molecule has 0 radical (unpaired) electrons. The van der Waals surface area contributed by atoms with E-state index in [2.05, 4.69) is 10.6 Å². The highest BCUT2D eigenvalue weighted by molar-refractivity contribution is 6.05. The molecule has 0 bridgehead atoms. The number of hydrogen-bond acceptors (Lipinski definition) is 3. The summed E-state index contributed by atoms with van der Waals surface area (Å²) in [5.74, 6) is -0.731. The average molecular weight is 357 g/mol. The molecule has 3 amide bonds. The van der Waals surface area contributed by atoms with Gasteiger partial charge in [-0.05, 0) is 38.8 Å². The molecule has 1 aromatic rings. The van der Waals surface area contributed by atoms with Crippen molar-refractivity contribution in [2.24, 2.45) is 5.92 Å². The van der Waals surface area contributed by atoms with Crippen LogP contribution in [0.2, 0.25) is 0 Å². The van der Waals surface area contributed by atoms with Crippen molar-refractivity contribution < 1.29 is 14.4 Å². The first-order chi connectivity index (χ1) is 12.5. The molecular weight excluding hydrogens is 330 g/mol. The van der Waals surface area contributed by atoms with Crippen molar-refractivity contribution in [3.63, 3.8) is 0 Å². The van der Waals surface area contributed by atoms with E-state index in [1.165, 1.54) is 0 Å². The summed E-state index contributed by atoms with van der Waals surface area (Å²) in [6.07, 6.45) is 4.53. The summed E-state index contributed by atoms with van der Waals surface area (Å²) in [5, 5.41) is 5.91. The zero-order chi connectivity index (χ0) is 18.7. The van der Waals surface area contributed by atoms with Crippen molar-refractivity contribution in [3.05, 3.63) is 29.8 Å². The summed E-state index contributed by atoms with van der Waals surface area (Å²) in [6, 6.07) is 7.35. The monoisotopic (exact) mass is 357 g/mol. The summed E-state index contributed by atoms with van der Waals surface area (Å²) in [5.41, 5.74) is 0.973. The minimum Gasteiger partial charge on any atom is -0.349 e. The smallest absolute Gasteiger partial charge is 0.253 e. The van der Waals surface area contributed by atoms with Gasteiger partial charge in [0.25, 0.3) is 5.91 Å². The first-order valence-electron chi connectivity index (χ1n) is 9.46. The molecule has 1 aromatic carbocycles. The molecule has 0 unspecified atom stereocenters. The van der Waals surface area contributed by atoms with Crippen molar-refractivity contribution >= 4 is 23.4 Å². The van der Waals surface area contributed by atoms with Gasteiger partial charge in [-0.15, -0.1) is 0 Å². The molecule has 26 heavy (non-hydrogen) atoms. The van der Waals surface area contributed by atoms with Crippen LogP contribution in [0, 0.1) is 5.92 Å². The SMILES string of the molecule is CC(C)N1C[C@@H](C(=O)Nc2ccccc2C(=O)NC2CCCC2)CC1=O. The van der Waals surface area contributed by atoms with Gasteiger partial charge in [0.2, 0.25) is 11.8 Å². The van der Waals surface area contributed by atoms with Crippen LogP contribution in [-0.4, -0.2) is 41.2 Å². The van der Waals surface area contributed by atoms with Gasteiger partial charge in [-0.25, -0.2) is 0 Å². The van der Waals surface area contributed by atoms with Crippen LogP contribution >= 0.6 is 0 Å². The van der Waals surface area contributed by atoms with Gasteiger partial charge in [-0.1, -0.05) is 25.0 Å². The van der Waals surface area contributed by atoms with E-state index in [0.717, 1.165) is 25.7 Å². The predicted octanol–water partition coefficient (Wildman–Crippen LogP) is 2.55.